The lowest BCUT2D eigenvalue weighted by molar-refractivity contribution is -0.121. The maximum Gasteiger partial charge on any atom is 0.241 e. The predicted octanol–water partition coefficient (Wildman–Crippen LogP) is 5.03. The van der Waals surface area contributed by atoms with Crippen molar-refractivity contribution in [3.8, 4) is 0 Å². The van der Waals surface area contributed by atoms with Crippen LogP contribution in [0.1, 0.15) is 25.8 Å². The van der Waals surface area contributed by atoms with E-state index in [0.29, 0.717) is 5.69 Å². The molecular formula is C26H24N2O2. The normalized spacial score (nSPS) is 21.7. The van der Waals surface area contributed by atoms with Crippen molar-refractivity contribution >= 4 is 34.0 Å². The van der Waals surface area contributed by atoms with Crippen molar-refractivity contribution in [3.05, 3.63) is 84.1 Å². The highest BCUT2D eigenvalue weighted by Crippen LogP contribution is 2.47. The summed E-state index contributed by atoms with van der Waals surface area (Å²) in [7, 11) is 2.03. The Morgan fingerprint density at radius 1 is 0.900 bits per heavy atom. The number of para-hydroxylation sites is 1. The number of benzene rings is 3. The minimum Gasteiger partial charge on any atom is -0.347 e. The van der Waals surface area contributed by atoms with Gasteiger partial charge in [0.1, 0.15) is 0 Å². The highest BCUT2D eigenvalue weighted by atomic mass is 16.2. The first-order valence-corrected chi connectivity index (χ1v) is 10.3. The summed E-state index contributed by atoms with van der Waals surface area (Å²) in [5, 5.41) is 1.94. The number of amides is 2. The summed E-state index contributed by atoms with van der Waals surface area (Å²) in [6.45, 7) is 4.34. The molecular weight excluding hydrogens is 372 g/mol. The van der Waals surface area contributed by atoms with Crippen LogP contribution in [0.2, 0.25) is 0 Å². The fourth-order valence-corrected chi connectivity index (χ4v) is 4.93. The van der Waals surface area contributed by atoms with Crippen molar-refractivity contribution in [1.82, 2.24) is 0 Å². The highest BCUT2D eigenvalue weighted by molar-refractivity contribution is 6.24. The Morgan fingerprint density at radius 3 is 2.37 bits per heavy atom. The van der Waals surface area contributed by atoms with Gasteiger partial charge >= 0.3 is 0 Å². The van der Waals surface area contributed by atoms with Crippen molar-refractivity contribution in [1.29, 1.82) is 0 Å². The van der Waals surface area contributed by atoms with Gasteiger partial charge in [0.2, 0.25) is 11.8 Å². The van der Waals surface area contributed by atoms with E-state index in [1.54, 1.807) is 0 Å². The molecule has 2 heterocycles. The third-order valence-corrected chi connectivity index (χ3v) is 6.49. The molecule has 3 aromatic rings. The summed E-state index contributed by atoms with van der Waals surface area (Å²) in [6, 6.07) is 21.9. The number of likely N-dealkylation sites (N-methyl/N-ethyl adjacent to an activating group) is 1. The lowest BCUT2D eigenvalue weighted by atomic mass is 9.82. The largest absolute Gasteiger partial charge is 0.347 e. The predicted molar refractivity (Wildman–Crippen MR) is 121 cm³/mol. The van der Waals surface area contributed by atoms with Gasteiger partial charge in [-0.15, -0.1) is 0 Å². The Kier molecular flexibility index (Phi) is 4.07. The van der Waals surface area contributed by atoms with Gasteiger partial charge in [0.25, 0.3) is 0 Å². The number of fused-ring (bicyclic) bond motifs is 2. The molecule has 2 aliphatic heterocycles. The molecule has 0 aromatic heterocycles. The van der Waals surface area contributed by atoms with Crippen molar-refractivity contribution in [2.24, 2.45) is 5.92 Å². The number of nitrogens with zero attached hydrogens (tertiary/aromatic N) is 2. The van der Waals surface area contributed by atoms with Gasteiger partial charge in [0, 0.05) is 35.7 Å². The molecule has 1 atom stereocenters. The van der Waals surface area contributed by atoms with E-state index in [-0.39, 0.29) is 23.7 Å². The van der Waals surface area contributed by atoms with Crippen molar-refractivity contribution in [2.75, 3.05) is 16.8 Å². The summed E-state index contributed by atoms with van der Waals surface area (Å²) in [5.41, 5.74) is 3.90. The SMILES string of the molecule is CN1/C(=C\[C@@H]2CC(=O)N(c3cccc4ccccc34)C2=O)C(C)(C)c2ccccc21. The first-order valence-electron chi connectivity index (χ1n) is 10.3. The fourth-order valence-electron chi connectivity index (χ4n) is 4.93. The maximum absolute atomic E-state index is 13.4. The van der Waals surface area contributed by atoms with Crippen LogP contribution in [0.25, 0.3) is 10.8 Å². The van der Waals surface area contributed by atoms with E-state index < -0.39 is 5.92 Å². The quantitative estimate of drug-likeness (QED) is 0.571. The Hall–Kier alpha value is -3.40. The van der Waals surface area contributed by atoms with Crippen LogP contribution < -0.4 is 9.80 Å². The van der Waals surface area contributed by atoms with Crippen LogP contribution in [-0.2, 0) is 15.0 Å². The molecule has 0 saturated carbocycles. The molecule has 0 bridgehead atoms. The maximum atomic E-state index is 13.4. The molecule has 30 heavy (non-hydrogen) atoms. The molecule has 0 radical (unpaired) electrons. The van der Waals surface area contributed by atoms with Gasteiger partial charge in [-0.2, -0.15) is 0 Å². The van der Waals surface area contributed by atoms with Gasteiger partial charge in [-0.05, 0) is 23.1 Å². The van der Waals surface area contributed by atoms with Crippen LogP contribution >= 0.6 is 0 Å². The third-order valence-electron chi connectivity index (χ3n) is 6.49. The smallest absolute Gasteiger partial charge is 0.241 e. The number of anilines is 2. The number of allylic oxidation sites excluding steroid dienone is 1. The molecule has 0 N–H and O–H groups in total. The Balaban J connectivity index is 1.54. The van der Waals surface area contributed by atoms with E-state index in [0.717, 1.165) is 22.2 Å². The van der Waals surface area contributed by atoms with Gasteiger partial charge in [-0.1, -0.05) is 74.5 Å². The van der Waals surface area contributed by atoms with Crippen molar-refractivity contribution in [2.45, 2.75) is 25.7 Å². The molecule has 3 aromatic carbocycles. The van der Waals surface area contributed by atoms with Crippen LogP contribution in [0.3, 0.4) is 0 Å². The second-order valence-electron chi connectivity index (χ2n) is 8.63. The molecule has 0 spiro atoms. The van der Waals surface area contributed by atoms with E-state index in [1.165, 1.54) is 10.5 Å². The number of carbonyl (C=O) groups is 2. The zero-order valence-corrected chi connectivity index (χ0v) is 17.4. The minimum atomic E-state index is -0.456. The minimum absolute atomic E-state index is 0.144. The van der Waals surface area contributed by atoms with Gasteiger partial charge < -0.3 is 4.90 Å². The van der Waals surface area contributed by atoms with E-state index in [9.17, 15) is 9.59 Å². The lowest BCUT2D eigenvalue weighted by Gasteiger charge is -2.25. The molecule has 1 fully saturated rings. The molecule has 5 rings (SSSR count). The average Bonchev–Trinajstić information content (AvgIpc) is 3.13. The Bertz CT molecular complexity index is 1220. The zero-order chi connectivity index (χ0) is 21.0. The van der Waals surface area contributed by atoms with Gasteiger partial charge in [-0.25, -0.2) is 4.90 Å². The van der Waals surface area contributed by atoms with Crippen LogP contribution in [0.15, 0.2) is 78.5 Å². The van der Waals surface area contributed by atoms with E-state index in [2.05, 4.69) is 30.9 Å². The van der Waals surface area contributed by atoms with Gasteiger partial charge in [0.15, 0.2) is 0 Å². The average molecular weight is 396 g/mol. The van der Waals surface area contributed by atoms with E-state index in [4.69, 9.17) is 0 Å². The molecule has 4 nitrogen and oxygen atoms in total. The van der Waals surface area contributed by atoms with Gasteiger partial charge in [-0.3, -0.25) is 9.59 Å². The molecule has 1 saturated heterocycles. The van der Waals surface area contributed by atoms with Crippen LogP contribution in [0, 0.1) is 5.92 Å². The Morgan fingerprint density at radius 2 is 1.57 bits per heavy atom. The summed E-state index contributed by atoms with van der Waals surface area (Å²) in [6.07, 6.45) is 2.21. The number of imide groups is 1. The molecule has 2 amide bonds. The molecule has 150 valence electrons. The number of rotatable bonds is 2. The van der Waals surface area contributed by atoms with Crippen molar-refractivity contribution < 1.29 is 9.59 Å². The summed E-state index contributed by atoms with van der Waals surface area (Å²) in [5.74, 6) is -0.749. The topological polar surface area (TPSA) is 40.6 Å². The zero-order valence-electron chi connectivity index (χ0n) is 17.4. The standard InChI is InChI=1S/C26H24N2O2/c1-26(2)20-12-6-7-13-22(20)27(3)23(26)15-18-16-24(29)28(25(18)30)21-14-8-10-17-9-4-5-11-19(17)21/h4-15,18H,16H2,1-3H3/b23-15-/t18-/m1/s1. The molecule has 4 heteroatoms. The second-order valence-corrected chi connectivity index (χ2v) is 8.63. The molecule has 2 aliphatic rings. The van der Waals surface area contributed by atoms with Gasteiger partial charge in [0.05, 0.1) is 11.6 Å². The molecule has 0 aliphatic carbocycles. The summed E-state index contributed by atoms with van der Waals surface area (Å²) < 4.78 is 0. The second kappa shape index (κ2) is 6.56. The first-order chi connectivity index (χ1) is 14.4. The third kappa shape index (κ3) is 2.60. The fraction of sp³-hybridized carbons (Fsp3) is 0.231. The first kappa shape index (κ1) is 18.6. The van der Waals surface area contributed by atoms with E-state index >= 15 is 0 Å². The molecule has 0 unspecified atom stereocenters. The number of hydrogen-bond acceptors (Lipinski definition) is 3. The monoisotopic (exact) mass is 396 g/mol. The summed E-state index contributed by atoms with van der Waals surface area (Å²) >= 11 is 0. The highest BCUT2D eigenvalue weighted by Gasteiger charge is 2.43. The summed E-state index contributed by atoms with van der Waals surface area (Å²) in [4.78, 5) is 29.8. The van der Waals surface area contributed by atoms with Crippen LogP contribution in [-0.4, -0.2) is 18.9 Å². The number of carbonyl (C=O) groups excluding carboxylic acids is 2. The van der Waals surface area contributed by atoms with Crippen LogP contribution in [0.5, 0.6) is 0 Å². The van der Waals surface area contributed by atoms with Crippen LogP contribution in [0.4, 0.5) is 11.4 Å². The van der Waals surface area contributed by atoms with E-state index in [1.807, 2.05) is 67.7 Å². The Labute approximate surface area is 176 Å². The van der Waals surface area contributed by atoms with Crippen molar-refractivity contribution in [3.63, 3.8) is 0 Å². The lowest BCUT2D eigenvalue weighted by Crippen LogP contribution is -2.31. The number of hydrogen-bond donors (Lipinski definition) is 0.